The third-order valence-electron chi connectivity index (χ3n) is 4.32. The average Bonchev–Trinajstić information content (AvgIpc) is 3.11. The van der Waals surface area contributed by atoms with Crippen LogP contribution in [0.25, 0.3) is 11.0 Å². The van der Waals surface area contributed by atoms with Crippen LogP contribution in [0.3, 0.4) is 0 Å². The van der Waals surface area contributed by atoms with Gasteiger partial charge in [-0.25, -0.2) is 17.4 Å². The summed E-state index contributed by atoms with van der Waals surface area (Å²) in [6, 6.07) is 16.3. The molecule has 2 heterocycles. The van der Waals surface area contributed by atoms with E-state index < -0.39 is 10.0 Å². The highest BCUT2D eigenvalue weighted by Crippen LogP contribution is 2.35. The van der Waals surface area contributed by atoms with Crippen LogP contribution in [0.4, 0.5) is 0 Å². The Bertz CT molecular complexity index is 1330. The number of Topliss-reactive ketones (excluding diaryl/α,β-unsaturated/α-hetero) is 1. The van der Waals surface area contributed by atoms with Gasteiger partial charge in [-0.2, -0.15) is 0 Å². The van der Waals surface area contributed by atoms with E-state index in [0.717, 1.165) is 3.97 Å². The molecule has 0 amide bonds. The van der Waals surface area contributed by atoms with E-state index in [1.807, 2.05) is 0 Å². The molecule has 8 heteroatoms. The number of halogens is 1. The van der Waals surface area contributed by atoms with E-state index in [0.29, 0.717) is 21.9 Å². The summed E-state index contributed by atoms with van der Waals surface area (Å²) >= 11 is 6.01. The molecule has 6 nitrogen and oxygen atoms in total. The van der Waals surface area contributed by atoms with Crippen molar-refractivity contribution in [3.8, 4) is 11.5 Å². The summed E-state index contributed by atoms with van der Waals surface area (Å²) in [5.41, 5.74) is 0.309. The number of fused-ring (bicyclic) bond motifs is 1. The van der Waals surface area contributed by atoms with Gasteiger partial charge in [0.2, 0.25) is 0 Å². The number of hydrogen-bond acceptors (Lipinski definition) is 5. The zero-order chi connectivity index (χ0) is 20.6. The molecule has 0 saturated heterocycles. The Labute approximate surface area is 172 Å². The molecule has 0 N–H and O–H groups in total. The number of pyridine rings is 1. The van der Waals surface area contributed by atoms with Crippen molar-refractivity contribution in [2.75, 3.05) is 0 Å². The van der Waals surface area contributed by atoms with Gasteiger partial charge in [0.05, 0.1) is 10.3 Å². The lowest BCUT2D eigenvalue weighted by molar-refractivity contribution is 0.101. The minimum Gasteiger partial charge on any atom is -0.456 e. The molecule has 4 rings (SSSR count). The fraction of sp³-hybridized carbons (Fsp3) is 0.0476. The Balaban J connectivity index is 1.94. The van der Waals surface area contributed by atoms with Gasteiger partial charge in [-0.3, -0.25) is 4.79 Å². The molecule has 29 heavy (non-hydrogen) atoms. The minimum absolute atomic E-state index is 0.0926. The number of aromatic nitrogens is 2. The molecule has 0 aliphatic carbocycles. The van der Waals surface area contributed by atoms with Crippen LogP contribution in [-0.2, 0) is 10.0 Å². The molecule has 0 spiro atoms. The summed E-state index contributed by atoms with van der Waals surface area (Å²) in [7, 11) is -3.95. The Morgan fingerprint density at radius 1 is 1.07 bits per heavy atom. The summed E-state index contributed by atoms with van der Waals surface area (Å²) in [6.07, 6.45) is 2.72. The van der Waals surface area contributed by atoms with Crippen molar-refractivity contribution in [3.63, 3.8) is 0 Å². The van der Waals surface area contributed by atoms with E-state index >= 15 is 0 Å². The largest absolute Gasteiger partial charge is 0.456 e. The van der Waals surface area contributed by atoms with Crippen molar-refractivity contribution in [2.24, 2.45) is 0 Å². The SMILES string of the molecule is CC(=O)c1cn(S(=O)(=O)c2ccccc2)c2nccc(Oc3cccc(Cl)c3)c12. The molecule has 2 aromatic carbocycles. The Morgan fingerprint density at radius 2 is 1.83 bits per heavy atom. The molecule has 2 aromatic heterocycles. The lowest BCUT2D eigenvalue weighted by Gasteiger charge is -2.09. The molecule has 4 aromatic rings. The topological polar surface area (TPSA) is 78.3 Å². The number of rotatable bonds is 5. The van der Waals surface area contributed by atoms with Gasteiger partial charge in [0.15, 0.2) is 11.4 Å². The highest BCUT2D eigenvalue weighted by Gasteiger charge is 2.25. The zero-order valence-electron chi connectivity index (χ0n) is 15.2. The van der Waals surface area contributed by atoms with E-state index in [2.05, 4.69) is 4.98 Å². The summed E-state index contributed by atoms with van der Waals surface area (Å²) in [5.74, 6) is 0.462. The number of ether oxygens (including phenoxy) is 1. The summed E-state index contributed by atoms with van der Waals surface area (Å²) in [5, 5.41) is 0.809. The van der Waals surface area contributed by atoms with Crippen LogP contribution < -0.4 is 4.74 Å². The normalized spacial score (nSPS) is 11.5. The third-order valence-corrected chi connectivity index (χ3v) is 6.22. The van der Waals surface area contributed by atoms with Crippen molar-refractivity contribution in [3.05, 3.63) is 83.6 Å². The molecule has 0 radical (unpaired) electrons. The van der Waals surface area contributed by atoms with E-state index in [-0.39, 0.29) is 21.9 Å². The molecular formula is C21H15ClN2O4S. The average molecular weight is 427 g/mol. The lowest BCUT2D eigenvalue weighted by Crippen LogP contribution is -2.12. The Hall–Kier alpha value is -3.16. The van der Waals surface area contributed by atoms with Crippen LogP contribution in [-0.4, -0.2) is 23.2 Å². The van der Waals surface area contributed by atoms with Crippen LogP contribution in [0.15, 0.2) is 78.0 Å². The van der Waals surface area contributed by atoms with Crippen molar-refractivity contribution in [1.29, 1.82) is 0 Å². The maximum absolute atomic E-state index is 13.2. The number of ketones is 1. The first-order valence-corrected chi connectivity index (χ1v) is 10.4. The first-order valence-electron chi connectivity index (χ1n) is 8.63. The Morgan fingerprint density at radius 3 is 2.52 bits per heavy atom. The van der Waals surface area contributed by atoms with Gasteiger partial charge in [0.1, 0.15) is 11.5 Å². The van der Waals surface area contributed by atoms with Crippen molar-refractivity contribution in [2.45, 2.75) is 11.8 Å². The second-order valence-corrected chi connectivity index (χ2v) is 8.53. The highest BCUT2D eigenvalue weighted by molar-refractivity contribution is 7.90. The minimum atomic E-state index is -3.95. The molecule has 146 valence electrons. The van der Waals surface area contributed by atoms with E-state index in [1.54, 1.807) is 48.5 Å². The molecule has 0 fully saturated rings. The first-order chi connectivity index (χ1) is 13.9. The molecular weight excluding hydrogens is 412 g/mol. The second-order valence-electron chi connectivity index (χ2n) is 6.28. The van der Waals surface area contributed by atoms with Crippen molar-refractivity contribution < 1.29 is 17.9 Å². The predicted molar refractivity (Wildman–Crippen MR) is 110 cm³/mol. The van der Waals surface area contributed by atoms with Crippen LogP contribution in [0.5, 0.6) is 11.5 Å². The van der Waals surface area contributed by atoms with Gasteiger partial charge in [-0.05, 0) is 43.3 Å². The van der Waals surface area contributed by atoms with Gasteiger partial charge in [-0.15, -0.1) is 0 Å². The van der Waals surface area contributed by atoms with Gasteiger partial charge in [0, 0.05) is 23.0 Å². The monoisotopic (exact) mass is 426 g/mol. The maximum atomic E-state index is 13.2. The maximum Gasteiger partial charge on any atom is 0.269 e. The first kappa shape index (κ1) is 19.2. The lowest BCUT2D eigenvalue weighted by atomic mass is 10.1. The van der Waals surface area contributed by atoms with E-state index in [4.69, 9.17) is 16.3 Å². The van der Waals surface area contributed by atoms with Crippen LogP contribution >= 0.6 is 11.6 Å². The fourth-order valence-electron chi connectivity index (χ4n) is 3.00. The second kappa shape index (κ2) is 7.35. The molecule has 0 unspecified atom stereocenters. The quantitative estimate of drug-likeness (QED) is 0.423. The highest BCUT2D eigenvalue weighted by atomic mass is 35.5. The molecule has 0 bridgehead atoms. The van der Waals surface area contributed by atoms with Gasteiger partial charge >= 0.3 is 0 Å². The summed E-state index contributed by atoms with van der Waals surface area (Å²) < 4.78 is 33.2. The van der Waals surface area contributed by atoms with E-state index in [1.165, 1.54) is 31.5 Å². The van der Waals surface area contributed by atoms with Crippen molar-refractivity contribution in [1.82, 2.24) is 8.96 Å². The molecule has 0 aliphatic heterocycles. The molecule has 0 atom stereocenters. The standard InChI is InChI=1S/C21H15ClN2O4S/c1-14(25)18-13-24(29(26,27)17-8-3-2-4-9-17)21-20(18)19(10-11-23-21)28-16-7-5-6-15(22)12-16/h2-13H,1H3. The van der Waals surface area contributed by atoms with Gasteiger partial charge in [0.25, 0.3) is 10.0 Å². The summed E-state index contributed by atoms with van der Waals surface area (Å²) in [4.78, 5) is 16.6. The van der Waals surface area contributed by atoms with Gasteiger partial charge in [-0.1, -0.05) is 35.9 Å². The van der Waals surface area contributed by atoms with Crippen LogP contribution in [0, 0.1) is 0 Å². The van der Waals surface area contributed by atoms with Gasteiger partial charge < -0.3 is 4.74 Å². The van der Waals surface area contributed by atoms with Crippen LogP contribution in [0.2, 0.25) is 5.02 Å². The van der Waals surface area contributed by atoms with Crippen LogP contribution in [0.1, 0.15) is 17.3 Å². The third kappa shape index (κ3) is 3.50. The number of carbonyl (C=O) groups excluding carboxylic acids is 1. The molecule has 0 saturated carbocycles. The molecule has 0 aliphatic rings. The van der Waals surface area contributed by atoms with E-state index in [9.17, 15) is 13.2 Å². The number of nitrogens with zero attached hydrogens (tertiary/aromatic N) is 2. The number of benzene rings is 2. The fourth-order valence-corrected chi connectivity index (χ4v) is 4.51. The number of carbonyl (C=O) groups is 1. The Kier molecular flexibility index (Phi) is 4.86. The van der Waals surface area contributed by atoms with Crippen molar-refractivity contribution >= 4 is 38.4 Å². The zero-order valence-corrected chi connectivity index (χ0v) is 16.8. The predicted octanol–water partition coefficient (Wildman–Crippen LogP) is 4.92. The summed E-state index contributed by atoms with van der Waals surface area (Å²) in [6.45, 7) is 1.37. The smallest absolute Gasteiger partial charge is 0.269 e. The number of hydrogen-bond donors (Lipinski definition) is 0.